The summed E-state index contributed by atoms with van der Waals surface area (Å²) in [6.07, 6.45) is 2.76. The maximum atomic E-state index is 6.30. The van der Waals surface area contributed by atoms with E-state index in [1.54, 1.807) is 0 Å². The number of nitrogens with zero attached hydrogens (tertiary/aromatic N) is 2. The molecule has 4 heteroatoms. The molecule has 3 nitrogen and oxygen atoms in total. The molecule has 0 spiro atoms. The van der Waals surface area contributed by atoms with Crippen LogP contribution < -0.4 is 5.73 Å². The van der Waals surface area contributed by atoms with Gasteiger partial charge in [-0.15, -0.1) is 0 Å². The van der Waals surface area contributed by atoms with Gasteiger partial charge in [-0.3, -0.25) is 4.68 Å². The first-order chi connectivity index (χ1) is 8.97. The summed E-state index contributed by atoms with van der Waals surface area (Å²) in [5, 5.41) is 4.55. The van der Waals surface area contributed by atoms with E-state index in [0.29, 0.717) is 6.04 Å². The normalized spacial score (nSPS) is 12.9. The molecule has 1 heterocycles. The van der Waals surface area contributed by atoms with Crippen molar-refractivity contribution in [2.45, 2.75) is 39.3 Å². The molecule has 1 aromatic carbocycles. The zero-order chi connectivity index (χ0) is 14.0. The van der Waals surface area contributed by atoms with E-state index in [1.165, 1.54) is 5.56 Å². The van der Waals surface area contributed by atoms with Crippen molar-refractivity contribution in [3.8, 4) is 0 Å². The smallest absolute Gasteiger partial charge is 0.0643 e. The molecule has 102 valence electrons. The topological polar surface area (TPSA) is 43.8 Å². The SMILES string of the molecule is Cc1ccc(Br)c(C(N)Cc2ccn(C(C)C)n2)c1. The Labute approximate surface area is 122 Å². The largest absolute Gasteiger partial charge is 0.324 e. The molecule has 0 aliphatic heterocycles. The highest BCUT2D eigenvalue weighted by Gasteiger charge is 2.13. The van der Waals surface area contributed by atoms with Crippen LogP contribution in [0.15, 0.2) is 34.9 Å². The lowest BCUT2D eigenvalue weighted by atomic mass is 10.0. The van der Waals surface area contributed by atoms with Gasteiger partial charge in [0.05, 0.1) is 5.69 Å². The standard InChI is InChI=1S/C15H20BrN3/c1-10(2)19-7-6-12(18-19)9-15(17)13-8-11(3)4-5-14(13)16/h4-8,10,15H,9,17H2,1-3H3. The Morgan fingerprint density at radius 1 is 1.32 bits per heavy atom. The summed E-state index contributed by atoms with van der Waals surface area (Å²) < 4.78 is 3.03. The molecule has 2 N–H and O–H groups in total. The lowest BCUT2D eigenvalue weighted by Crippen LogP contribution is -2.15. The van der Waals surface area contributed by atoms with Crippen molar-refractivity contribution < 1.29 is 0 Å². The quantitative estimate of drug-likeness (QED) is 0.931. The second kappa shape index (κ2) is 5.88. The number of nitrogens with two attached hydrogens (primary N) is 1. The van der Waals surface area contributed by atoms with Gasteiger partial charge >= 0.3 is 0 Å². The van der Waals surface area contributed by atoms with Crippen molar-refractivity contribution in [2.75, 3.05) is 0 Å². The van der Waals surface area contributed by atoms with E-state index in [0.717, 1.165) is 22.2 Å². The minimum Gasteiger partial charge on any atom is -0.324 e. The molecule has 0 saturated carbocycles. The van der Waals surface area contributed by atoms with Gasteiger partial charge in [0.25, 0.3) is 0 Å². The average Bonchev–Trinajstić information content (AvgIpc) is 2.80. The van der Waals surface area contributed by atoms with Crippen molar-refractivity contribution in [3.05, 3.63) is 51.8 Å². The molecule has 0 aliphatic carbocycles. The van der Waals surface area contributed by atoms with Crippen LogP contribution in [-0.2, 0) is 6.42 Å². The number of hydrogen-bond donors (Lipinski definition) is 1. The molecule has 1 aromatic heterocycles. The molecule has 0 aliphatic rings. The van der Waals surface area contributed by atoms with Gasteiger partial charge in [0.2, 0.25) is 0 Å². The first-order valence-corrected chi connectivity index (χ1v) is 7.32. The molecule has 2 aromatic rings. The molecular weight excluding hydrogens is 302 g/mol. The van der Waals surface area contributed by atoms with Crippen LogP contribution in [0.25, 0.3) is 0 Å². The van der Waals surface area contributed by atoms with Crippen molar-refractivity contribution in [3.63, 3.8) is 0 Å². The van der Waals surface area contributed by atoms with E-state index in [-0.39, 0.29) is 6.04 Å². The summed E-state index contributed by atoms with van der Waals surface area (Å²) in [4.78, 5) is 0. The zero-order valence-electron chi connectivity index (χ0n) is 11.6. The second-order valence-electron chi connectivity index (χ2n) is 5.22. The van der Waals surface area contributed by atoms with Gasteiger partial charge in [0, 0.05) is 29.2 Å². The Balaban J connectivity index is 2.15. The Bertz CT molecular complexity index is 560. The van der Waals surface area contributed by atoms with Gasteiger partial charge in [-0.05, 0) is 38.5 Å². The number of benzene rings is 1. The minimum atomic E-state index is -0.0372. The van der Waals surface area contributed by atoms with Gasteiger partial charge in [-0.1, -0.05) is 33.6 Å². The first-order valence-electron chi connectivity index (χ1n) is 6.53. The Hall–Kier alpha value is -1.13. The Kier molecular flexibility index (Phi) is 4.42. The Morgan fingerprint density at radius 2 is 2.05 bits per heavy atom. The van der Waals surface area contributed by atoms with E-state index >= 15 is 0 Å². The molecule has 0 bridgehead atoms. The van der Waals surface area contributed by atoms with Crippen LogP contribution in [0.1, 0.15) is 42.8 Å². The van der Waals surface area contributed by atoms with Crippen molar-refractivity contribution in [1.29, 1.82) is 0 Å². The van der Waals surface area contributed by atoms with Crippen LogP contribution >= 0.6 is 15.9 Å². The second-order valence-corrected chi connectivity index (χ2v) is 6.07. The average molecular weight is 322 g/mol. The predicted molar refractivity (Wildman–Crippen MR) is 82.1 cm³/mol. The summed E-state index contributed by atoms with van der Waals surface area (Å²) in [5.74, 6) is 0. The van der Waals surface area contributed by atoms with Crippen LogP contribution in [0.5, 0.6) is 0 Å². The third kappa shape index (κ3) is 3.45. The van der Waals surface area contributed by atoms with E-state index in [4.69, 9.17) is 5.73 Å². The molecule has 2 rings (SSSR count). The maximum absolute atomic E-state index is 6.30. The van der Waals surface area contributed by atoms with E-state index in [1.807, 2.05) is 16.9 Å². The summed E-state index contributed by atoms with van der Waals surface area (Å²) in [7, 11) is 0. The lowest BCUT2D eigenvalue weighted by Gasteiger charge is -2.13. The highest BCUT2D eigenvalue weighted by Crippen LogP contribution is 2.25. The maximum Gasteiger partial charge on any atom is 0.0643 e. The fourth-order valence-corrected chi connectivity index (χ4v) is 2.60. The van der Waals surface area contributed by atoms with E-state index in [9.17, 15) is 0 Å². The number of halogens is 1. The van der Waals surface area contributed by atoms with Crippen LogP contribution in [0, 0.1) is 6.92 Å². The highest BCUT2D eigenvalue weighted by atomic mass is 79.9. The molecule has 0 radical (unpaired) electrons. The number of hydrogen-bond acceptors (Lipinski definition) is 2. The molecule has 1 atom stereocenters. The zero-order valence-corrected chi connectivity index (χ0v) is 13.2. The van der Waals surface area contributed by atoms with Gasteiger partial charge in [0.15, 0.2) is 0 Å². The van der Waals surface area contributed by atoms with Gasteiger partial charge < -0.3 is 5.73 Å². The fourth-order valence-electron chi connectivity index (χ4n) is 2.06. The third-order valence-corrected chi connectivity index (χ3v) is 3.89. The molecule has 0 fully saturated rings. The van der Waals surface area contributed by atoms with E-state index in [2.05, 4.69) is 60.0 Å². The Morgan fingerprint density at radius 3 is 2.68 bits per heavy atom. The number of aryl methyl sites for hydroxylation is 1. The fraction of sp³-hybridized carbons (Fsp3) is 0.400. The molecule has 1 unspecified atom stereocenters. The van der Waals surface area contributed by atoms with Gasteiger partial charge in [-0.2, -0.15) is 5.10 Å². The van der Waals surface area contributed by atoms with Crippen molar-refractivity contribution in [1.82, 2.24) is 9.78 Å². The van der Waals surface area contributed by atoms with Crippen LogP contribution in [0.3, 0.4) is 0 Å². The molecule has 0 saturated heterocycles. The third-order valence-electron chi connectivity index (χ3n) is 3.17. The lowest BCUT2D eigenvalue weighted by molar-refractivity contribution is 0.522. The number of aromatic nitrogens is 2. The van der Waals surface area contributed by atoms with Crippen LogP contribution in [0.4, 0.5) is 0 Å². The minimum absolute atomic E-state index is 0.0372. The molecule has 0 amide bonds. The monoisotopic (exact) mass is 321 g/mol. The first kappa shape index (κ1) is 14.3. The molecule has 19 heavy (non-hydrogen) atoms. The highest BCUT2D eigenvalue weighted by molar-refractivity contribution is 9.10. The molecular formula is C15H20BrN3. The van der Waals surface area contributed by atoms with Crippen molar-refractivity contribution >= 4 is 15.9 Å². The van der Waals surface area contributed by atoms with Gasteiger partial charge in [-0.25, -0.2) is 0 Å². The van der Waals surface area contributed by atoms with Crippen molar-refractivity contribution in [2.24, 2.45) is 5.73 Å². The van der Waals surface area contributed by atoms with Crippen LogP contribution in [-0.4, -0.2) is 9.78 Å². The van der Waals surface area contributed by atoms with Crippen LogP contribution in [0.2, 0.25) is 0 Å². The number of rotatable bonds is 4. The summed E-state index contributed by atoms with van der Waals surface area (Å²) in [6.45, 7) is 6.32. The predicted octanol–water partition coefficient (Wildman–Crippen LogP) is 3.78. The summed E-state index contributed by atoms with van der Waals surface area (Å²) in [6, 6.07) is 8.66. The van der Waals surface area contributed by atoms with Gasteiger partial charge in [0.1, 0.15) is 0 Å². The van der Waals surface area contributed by atoms with E-state index < -0.39 is 0 Å². The summed E-state index contributed by atoms with van der Waals surface area (Å²) >= 11 is 3.57. The summed E-state index contributed by atoms with van der Waals surface area (Å²) in [5.41, 5.74) is 9.70.